The lowest BCUT2D eigenvalue weighted by Crippen LogP contribution is -2.19. The zero-order valence-electron chi connectivity index (χ0n) is 12.5. The minimum atomic E-state index is -0.516. The summed E-state index contributed by atoms with van der Waals surface area (Å²) in [4.78, 5) is 12.7. The molecule has 0 aliphatic rings. The van der Waals surface area contributed by atoms with E-state index in [4.69, 9.17) is 4.52 Å². The molecule has 2 aromatic heterocycles. The van der Waals surface area contributed by atoms with Crippen LogP contribution in [-0.4, -0.2) is 31.3 Å². The van der Waals surface area contributed by atoms with Crippen LogP contribution in [0.3, 0.4) is 0 Å². The van der Waals surface area contributed by atoms with E-state index in [9.17, 15) is 4.79 Å². The quantitative estimate of drug-likeness (QED) is 0.714. The highest BCUT2D eigenvalue weighted by atomic mass is 32.2. The van der Waals surface area contributed by atoms with Crippen LogP contribution in [0.15, 0.2) is 46.1 Å². The van der Waals surface area contributed by atoms with Crippen LogP contribution in [0.5, 0.6) is 0 Å². The fourth-order valence-electron chi connectivity index (χ4n) is 1.94. The van der Waals surface area contributed by atoms with E-state index < -0.39 is 5.25 Å². The highest BCUT2D eigenvalue weighted by Crippen LogP contribution is 2.34. The Labute approximate surface area is 136 Å². The van der Waals surface area contributed by atoms with Gasteiger partial charge in [0.05, 0.1) is 0 Å². The third-order valence-corrected chi connectivity index (χ3v) is 4.30. The SMILES string of the molecule is Cc1cc(NC(=O)[C@@H](Sc2nnnn2C)c2ccccc2)no1. The van der Waals surface area contributed by atoms with Gasteiger partial charge in [-0.15, -0.1) is 5.10 Å². The summed E-state index contributed by atoms with van der Waals surface area (Å²) >= 11 is 1.27. The fraction of sp³-hybridized carbons (Fsp3) is 0.214. The predicted molar refractivity (Wildman–Crippen MR) is 83.7 cm³/mol. The van der Waals surface area contributed by atoms with E-state index in [2.05, 4.69) is 26.0 Å². The molecular weight excluding hydrogens is 316 g/mol. The number of carbonyl (C=O) groups excluding carboxylic acids is 1. The maximum atomic E-state index is 12.7. The van der Waals surface area contributed by atoms with Gasteiger partial charge >= 0.3 is 0 Å². The highest BCUT2D eigenvalue weighted by molar-refractivity contribution is 8.00. The molecule has 3 rings (SSSR count). The van der Waals surface area contributed by atoms with Crippen LogP contribution < -0.4 is 5.32 Å². The molecule has 1 atom stereocenters. The maximum absolute atomic E-state index is 12.7. The monoisotopic (exact) mass is 330 g/mol. The molecule has 0 bridgehead atoms. The smallest absolute Gasteiger partial charge is 0.243 e. The predicted octanol–water partition coefficient (Wildman–Crippen LogP) is 1.98. The van der Waals surface area contributed by atoms with Gasteiger partial charge in [-0.2, -0.15) is 0 Å². The second-order valence-corrected chi connectivity index (χ2v) is 5.88. The van der Waals surface area contributed by atoms with Crippen LogP contribution >= 0.6 is 11.8 Å². The maximum Gasteiger partial charge on any atom is 0.243 e. The van der Waals surface area contributed by atoms with Crippen LogP contribution in [0.1, 0.15) is 16.6 Å². The second kappa shape index (κ2) is 6.61. The molecular formula is C14H14N6O2S. The van der Waals surface area contributed by atoms with Gasteiger partial charge in [0.1, 0.15) is 11.0 Å². The molecule has 23 heavy (non-hydrogen) atoms. The van der Waals surface area contributed by atoms with Crippen LogP contribution in [0.25, 0.3) is 0 Å². The average molecular weight is 330 g/mol. The molecule has 1 amide bonds. The minimum Gasteiger partial charge on any atom is -0.360 e. The van der Waals surface area contributed by atoms with Crippen LogP contribution in [-0.2, 0) is 11.8 Å². The van der Waals surface area contributed by atoms with Gasteiger partial charge in [0.15, 0.2) is 5.82 Å². The Kier molecular flexibility index (Phi) is 4.38. The van der Waals surface area contributed by atoms with E-state index in [1.807, 2.05) is 30.3 Å². The van der Waals surface area contributed by atoms with Gasteiger partial charge in [0.25, 0.3) is 0 Å². The summed E-state index contributed by atoms with van der Waals surface area (Å²) in [6.45, 7) is 1.76. The van der Waals surface area contributed by atoms with Gasteiger partial charge in [-0.05, 0) is 22.9 Å². The Morgan fingerprint density at radius 2 is 2.13 bits per heavy atom. The summed E-state index contributed by atoms with van der Waals surface area (Å²) in [6.07, 6.45) is 0. The molecule has 0 aliphatic heterocycles. The zero-order chi connectivity index (χ0) is 16.2. The number of nitrogens with zero attached hydrogens (tertiary/aromatic N) is 5. The minimum absolute atomic E-state index is 0.225. The molecule has 9 heteroatoms. The van der Waals surface area contributed by atoms with E-state index in [1.54, 1.807) is 20.0 Å². The van der Waals surface area contributed by atoms with E-state index in [-0.39, 0.29) is 5.91 Å². The number of aromatic nitrogens is 5. The summed E-state index contributed by atoms with van der Waals surface area (Å²) in [5, 5.41) is 17.9. The standard InChI is InChI=1S/C14H14N6O2S/c1-9-8-11(17-22-9)15-13(21)12(10-6-4-3-5-7-10)23-14-16-18-19-20(14)2/h3-8,12H,1-2H3,(H,15,17,21)/t12-/m0/s1. The summed E-state index contributed by atoms with van der Waals surface area (Å²) in [7, 11) is 1.73. The first-order valence-corrected chi connectivity index (χ1v) is 7.69. The summed E-state index contributed by atoms with van der Waals surface area (Å²) in [6, 6.07) is 11.1. The van der Waals surface area contributed by atoms with Crippen LogP contribution in [0, 0.1) is 6.92 Å². The number of carbonyl (C=O) groups is 1. The van der Waals surface area contributed by atoms with Crippen molar-refractivity contribution >= 4 is 23.5 Å². The van der Waals surface area contributed by atoms with Gasteiger partial charge < -0.3 is 9.84 Å². The number of aryl methyl sites for hydroxylation is 2. The van der Waals surface area contributed by atoms with E-state index >= 15 is 0 Å². The van der Waals surface area contributed by atoms with Crippen LogP contribution in [0.2, 0.25) is 0 Å². The van der Waals surface area contributed by atoms with Gasteiger partial charge in [0, 0.05) is 13.1 Å². The average Bonchev–Trinajstić information content (AvgIpc) is 3.14. The van der Waals surface area contributed by atoms with Crippen molar-refractivity contribution in [2.24, 2.45) is 7.05 Å². The summed E-state index contributed by atoms with van der Waals surface area (Å²) in [5.41, 5.74) is 0.846. The summed E-state index contributed by atoms with van der Waals surface area (Å²) < 4.78 is 6.49. The summed E-state index contributed by atoms with van der Waals surface area (Å²) in [5.74, 6) is 0.782. The van der Waals surface area contributed by atoms with Crippen molar-refractivity contribution in [3.8, 4) is 0 Å². The molecule has 0 unspecified atom stereocenters. The first-order valence-electron chi connectivity index (χ1n) is 6.81. The van der Waals surface area contributed by atoms with Crippen molar-refractivity contribution in [2.45, 2.75) is 17.3 Å². The van der Waals surface area contributed by atoms with Crippen molar-refractivity contribution in [3.05, 3.63) is 47.7 Å². The highest BCUT2D eigenvalue weighted by Gasteiger charge is 2.25. The molecule has 1 N–H and O–H groups in total. The molecule has 0 radical (unpaired) electrons. The van der Waals surface area contributed by atoms with Gasteiger partial charge in [-0.1, -0.05) is 47.3 Å². The van der Waals surface area contributed by atoms with E-state index in [1.165, 1.54) is 16.4 Å². The molecule has 3 aromatic rings. The molecule has 0 saturated heterocycles. The molecule has 0 spiro atoms. The molecule has 2 heterocycles. The first kappa shape index (κ1) is 15.2. The van der Waals surface area contributed by atoms with Gasteiger partial charge in [0.2, 0.25) is 11.1 Å². The number of benzene rings is 1. The van der Waals surface area contributed by atoms with Crippen molar-refractivity contribution in [1.29, 1.82) is 0 Å². The lowest BCUT2D eigenvalue weighted by molar-refractivity contribution is -0.115. The number of amides is 1. The van der Waals surface area contributed by atoms with Crippen molar-refractivity contribution in [1.82, 2.24) is 25.4 Å². The molecule has 1 aromatic carbocycles. The van der Waals surface area contributed by atoms with E-state index in [0.717, 1.165) is 5.56 Å². The van der Waals surface area contributed by atoms with E-state index in [0.29, 0.717) is 16.7 Å². The topological polar surface area (TPSA) is 98.7 Å². The van der Waals surface area contributed by atoms with Gasteiger partial charge in [-0.25, -0.2) is 4.68 Å². The lowest BCUT2D eigenvalue weighted by atomic mass is 10.1. The first-order chi connectivity index (χ1) is 11.1. The van der Waals surface area contributed by atoms with Gasteiger partial charge in [-0.3, -0.25) is 4.79 Å². The zero-order valence-corrected chi connectivity index (χ0v) is 13.3. The number of rotatable bonds is 5. The molecule has 8 nitrogen and oxygen atoms in total. The number of thioether (sulfide) groups is 1. The Morgan fingerprint density at radius 1 is 1.35 bits per heavy atom. The van der Waals surface area contributed by atoms with Crippen LogP contribution in [0.4, 0.5) is 5.82 Å². The van der Waals surface area contributed by atoms with Crippen molar-refractivity contribution < 1.29 is 9.32 Å². The molecule has 0 saturated carbocycles. The number of tetrazole rings is 1. The Morgan fingerprint density at radius 3 is 2.74 bits per heavy atom. The molecule has 118 valence electrons. The Hall–Kier alpha value is -2.68. The van der Waals surface area contributed by atoms with Crippen molar-refractivity contribution in [2.75, 3.05) is 5.32 Å². The fourth-order valence-corrected chi connectivity index (χ4v) is 2.89. The Balaban J connectivity index is 1.85. The number of nitrogens with one attached hydrogen (secondary N) is 1. The third kappa shape index (κ3) is 3.57. The second-order valence-electron chi connectivity index (χ2n) is 4.81. The lowest BCUT2D eigenvalue weighted by Gasteiger charge is -2.14. The number of hydrogen-bond acceptors (Lipinski definition) is 7. The normalized spacial score (nSPS) is 12.1. The number of anilines is 1. The largest absolute Gasteiger partial charge is 0.360 e. The Bertz CT molecular complexity index is 800. The molecule has 0 fully saturated rings. The number of hydrogen-bond donors (Lipinski definition) is 1. The van der Waals surface area contributed by atoms with Crippen molar-refractivity contribution in [3.63, 3.8) is 0 Å². The third-order valence-electron chi connectivity index (χ3n) is 3.02. The molecule has 0 aliphatic carbocycles.